The third-order valence-electron chi connectivity index (χ3n) is 2.70. The number of rotatable bonds is 5. The second kappa shape index (κ2) is 6.09. The first-order valence-electron chi connectivity index (χ1n) is 5.88. The van der Waals surface area contributed by atoms with E-state index in [4.69, 9.17) is 5.11 Å². The van der Waals surface area contributed by atoms with Crippen LogP contribution in [-0.4, -0.2) is 17.8 Å². The van der Waals surface area contributed by atoms with Gasteiger partial charge in [0, 0.05) is 27.9 Å². The third-order valence-corrected chi connectivity index (χ3v) is 3.82. The quantitative estimate of drug-likeness (QED) is 0.871. The number of hydrogen-bond acceptors (Lipinski definition) is 3. The molecule has 4 heteroatoms. The first kappa shape index (κ1) is 13.2. The zero-order valence-electron chi connectivity index (χ0n) is 10.2. The highest BCUT2D eigenvalue weighted by Gasteiger charge is 2.07. The van der Waals surface area contributed by atoms with Crippen molar-refractivity contribution in [2.24, 2.45) is 0 Å². The summed E-state index contributed by atoms with van der Waals surface area (Å²) in [7, 11) is 0. The predicted octanol–water partition coefficient (Wildman–Crippen LogP) is 3.02. The van der Waals surface area contributed by atoms with Gasteiger partial charge in [0.15, 0.2) is 0 Å². The predicted molar refractivity (Wildman–Crippen MR) is 73.1 cm³/mol. The smallest absolute Gasteiger partial charge is 0.131 e. The lowest BCUT2D eigenvalue weighted by Gasteiger charge is -2.08. The molecule has 2 rings (SSSR count). The van der Waals surface area contributed by atoms with Crippen LogP contribution in [0.1, 0.15) is 11.8 Å². The largest absolute Gasteiger partial charge is 0.395 e. The second-order valence-corrected chi connectivity index (χ2v) is 5.38. The standard InChI is InChI=1S/C14H16FNOS/c1-10(9-17)16-8-11-6-7-14(18-11)12-4-2-3-5-13(12)15/h2-7,10,16-17H,8-9H2,1H3/t10-/m1/s1. The Hall–Kier alpha value is -1.23. The lowest BCUT2D eigenvalue weighted by molar-refractivity contribution is 0.251. The van der Waals surface area contributed by atoms with Gasteiger partial charge in [-0.05, 0) is 25.1 Å². The molecule has 0 aliphatic carbocycles. The van der Waals surface area contributed by atoms with Gasteiger partial charge in [0.05, 0.1) is 6.61 Å². The molecular formula is C14H16FNOS. The van der Waals surface area contributed by atoms with Crippen molar-refractivity contribution in [2.75, 3.05) is 6.61 Å². The van der Waals surface area contributed by atoms with E-state index in [9.17, 15) is 4.39 Å². The van der Waals surface area contributed by atoms with Gasteiger partial charge >= 0.3 is 0 Å². The molecule has 0 unspecified atom stereocenters. The number of aliphatic hydroxyl groups excluding tert-OH is 1. The van der Waals surface area contributed by atoms with E-state index >= 15 is 0 Å². The molecule has 0 saturated carbocycles. The molecule has 2 N–H and O–H groups in total. The van der Waals surface area contributed by atoms with E-state index in [2.05, 4.69) is 5.32 Å². The van der Waals surface area contributed by atoms with Crippen molar-refractivity contribution in [1.82, 2.24) is 5.32 Å². The van der Waals surface area contributed by atoms with Gasteiger partial charge in [-0.1, -0.05) is 18.2 Å². The molecule has 96 valence electrons. The highest BCUT2D eigenvalue weighted by molar-refractivity contribution is 7.15. The van der Waals surface area contributed by atoms with Crippen LogP contribution in [-0.2, 0) is 6.54 Å². The summed E-state index contributed by atoms with van der Waals surface area (Å²) in [4.78, 5) is 2.06. The zero-order chi connectivity index (χ0) is 13.0. The Labute approximate surface area is 110 Å². The van der Waals surface area contributed by atoms with Crippen molar-refractivity contribution in [3.8, 4) is 10.4 Å². The van der Waals surface area contributed by atoms with Gasteiger partial charge in [-0.3, -0.25) is 0 Å². The molecule has 0 saturated heterocycles. The van der Waals surface area contributed by atoms with Crippen LogP contribution in [0, 0.1) is 5.82 Å². The number of aliphatic hydroxyl groups is 1. The summed E-state index contributed by atoms with van der Waals surface area (Å²) in [5.41, 5.74) is 0.643. The van der Waals surface area contributed by atoms with Crippen molar-refractivity contribution >= 4 is 11.3 Å². The highest BCUT2D eigenvalue weighted by Crippen LogP contribution is 2.29. The Bertz CT molecular complexity index is 512. The van der Waals surface area contributed by atoms with Crippen molar-refractivity contribution in [3.05, 3.63) is 47.1 Å². The molecule has 0 spiro atoms. The van der Waals surface area contributed by atoms with E-state index in [0.29, 0.717) is 12.1 Å². The summed E-state index contributed by atoms with van der Waals surface area (Å²) < 4.78 is 13.6. The van der Waals surface area contributed by atoms with Crippen molar-refractivity contribution in [1.29, 1.82) is 0 Å². The Morgan fingerprint density at radius 2 is 2.06 bits per heavy atom. The maximum absolute atomic E-state index is 13.6. The highest BCUT2D eigenvalue weighted by atomic mass is 32.1. The fourth-order valence-electron chi connectivity index (χ4n) is 1.62. The van der Waals surface area contributed by atoms with Gasteiger partial charge < -0.3 is 10.4 Å². The molecule has 1 heterocycles. The molecule has 0 fully saturated rings. The van der Waals surface area contributed by atoms with Crippen molar-refractivity contribution in [3.63, 3.8) is 0 Å². The van der Waals surface area contributed by atoms with Gasteiger partial charge in [-0.15, -0.1) is 11.3 Å². The van der Waals surface area contributed by atoms with E-state index in [0.717, 1.165) is 9.75 Å². The topological polar surface area (TPSA) is 32.3 Å². The molecule has 1 aromatic heterocycles. The van der Waals surface area contributed by atoms with E-state index in [1.807, 2.05) is 25.1 Å². The summed E-state index contributed by atoms with van der Waals surface area (Å²) in [6, 6.07) is 10.8. The van der Waals surface area contributed by atoms with E-state index < -0.39 is 0 Å². The molecule has 2 nitrogen and oxygen atoms in total. The fourth-order valence-corrected chi connectivity index (χ4v) is 2.60. The van der Waals surface area contributed by atoms with Crippen LogP contribution in [0.3, 0.4) is 0 Å². The zero-order valence-corrected chi connectivity index (χ0v) is 11.0. The Morgan fingerprint density at radius 3 is 2.78 bits per heavy atom. The Morgan fingerprint density at radius 1 is 1.28 bits per heavy atom. The van der Waals surface area contributed by atoms with Gasteiger partial charge in [0.25, 0.3) is 0 Å². The van der Waals surface area contributed by atoms with Crippen LogP contribution in [0.2, 0.25) is 0 Å². The number of benzene rings is 1. The minimum atomic E-state index is -0.192. The van der Waals surface area contributed by atoms with E-state index in [1.165, 1.54) is 6.07 Å². The van der Waals surface area contributed by atoms with Crippen LogP contribution in [0.5, 0.6) is 0 Å². The van der Waals surface area contributed by atoms with Gasteiger partial charge in [0.1, 0.15) is 5.82 Å². The molecule has 18 heavy (non-hydrogen) atoms. The number of thiophene rings is 1. The maximum Gasteiger partial charge on any atom is 0.131 e. The molecule has 1 aromatic carbocycles. The molecule has 0 radical (unpaired) electrons. The van der Waals surface area contributed by atoms with Gasteiger partial charge in [-0.2, -0.15) is 0 Å². The number of nitrogens with one attached hydrogen (secondary N) is 1. The maximum atomic E-state index is 13.6. The molecular weight excluding hydrogens is 249 g/mol. The minimum absolute atomic E-state index is 0.0732. The monoisotopic (exact) mass is 265 g/mol. The first-order chi connectivity index (χ1) is 8.70. The Balaban J connectivity index is 2.09. The minimum Gasteiger partial charge on any atom is -0.395 e. The van der Waals surface area contributed by atoms with Gasteiger partial charge in [-0.25, -0.2) is 4.39 Å². The van der Waals surface area contributed by atoms with E-state index in [-0.39, 0.29) is 18.5 Å². The molecule has 0 aliphatic heterocycles. The van der Waals surface area contributed by atoms with E-state index in [1.54, 1.807) is 23.5 Å². The third kappa shape index (κ3) is 3.16. The normalized spacial score (nSPS) is 12.6. The lowest BCUT2D eigenvalue weighted by atomic mass is 10.2. The lowest BCUT2D eigenvalue weighted by Crippen LogP contribution is -2.28. The van der Waals surface area contributed by atoms with Crippen LogP contribution in [0.15, 0.2) is 36.4 Å². The molecule has 2 aromatic rings. The average Bonchev–Trinajstić information content (AvgIpc) is 2.85. The van der Waals surface area contributed by atoms with Crippen LogP contribution < -0.4 is 5.32 Å². The average molecular weight is 265 g/mol. The summed E-state index contributed by atoms with van der Waals surface area (Å²) in [6.07, 6.45) is 0. The number of halogens is 1. The molecule has 0 bridgehead atoms. The summed E-state index contributed by atoms with van der Waals surface area (Å²) in [5.74, 6) is -0.192. The van der Waals surface area contributed by atoms with Gasteiger partial charge in [0.2, 0.25) is 0 Å². The molecule has 1 atom stereocenters. The van der Waals surface area contributed by atoms with Crippen LogP contribution >= 0.6 is 11.3 Å². The molecule has 0 amide bonds. The van der Waals surface area contributed by atoms with Crippen LogP contribution in [0.25, 0.3) is 10.4 Å². The van der Waals surface area contributed by atoms with Crippen LogP contribution in [0.4, 0.5) is 4.39 Å². The molecule has 0 aliphatic rings. The first-order valence-corrected chi connectivity index (χ1v) is 6.70. The number of hydrogen-bond donors (Lipinski definition) is 2. The van der Waals surface area contributed by atoms with Crippen molar-refractivity contribution in [2.45, 2.75) is 19.5 Å². The van der Waals surface area contributed by atoms with Crippen molar-refractivity contribution < 1.29 is 9.50 Å². The SMILES string of the molecule is C[C@H](CO)NCc1ccc(-c2ccccc2F)s1. The summed E-state index contributed by atoms with van der Waals surface area (Å²) in [5, 5.41) is 12.1. The summed E-state index contributed by atoms with van der Waals surface area (Å²) >= 11 is 1.57. The Kier molecular flexibility index (Phi) is 4.47. The summed E-state index contributed by atoms with van der Waals surface area (Å²) in [6.45, 7) is 2.73. The second-order valence-electron chi connectivity index (χ2n) is 4.21. The fraction of sp³-hybridized carbons (Fsp3) is 0.286.